The zero-order valence-corrected chi connectivity index (χ0v) is 4.74. The van der Waals surface area contributed by atoms with Crippen LogP contribution in [-0.4, -0.2) is 24.2 Å². The van der Waals surface area contributed by atoms with Crippen molar-refractivity contribution in [1.29, 1.82) is 0 Å². The lowest BCUT2D eigenvalue weighted by atomic mass is 10.3. The maximum absolute atomic E-state index is 4.81. The third-order valence-corrected chi connectivity index (χ3v) is 0.837. The number of imidazole rings is 1. The minimum Gasteiger partial charge on any atom is -0.422 e. The first-order valence-corrected chi connectivity index (χ1v) is 2.38. The molecule has 3 nitrogen and oxygen atoms in total. The van der Waals surface area contributed by atoms with E-state index in [1.807, 2.05) is 10.7 Å². The second-order valence-electron chi connectivity index (χ2n) is 1.49. The largest absolute Gasteiger partial charge is 0.422 e. The summed E-state index contributed by atoms with van der Waals surface area (Å²) in [5.41, 5.74) is 0. The SMILES string of the molecule is COBn1ccnc1. The van der Waals surface area contributed by atoms with Crippen LogP contribution in [0.1, 0.15) is 0 Å². The van der Waals surface area contributed by atoms with Crippen LogP contribution in [0.15, 0.2) is 18.7 Å². The van der Waals surface area contributed by atoms with E-state index in [0.717, 1.165) is 0 Å². The molecule has 8 heavy (non-hydrogen) atoms. The van der Waals surface area contributed by atoms with Gasteiger partial charge in [-0.3, -0.25) is 0 Å². The van der Waals surface area contributed by atoms with Crippen molar-refractivity contribution in [2.75, 3.05) is 7.11 Å². The molecule has 1 heterocycles. The Morgan fingerprint density at radius 3 is 3.12 bits per heavy atom. The lowest BCUT2D eigenvalue weighted by Crippen LogP contribution is -2.04. The maximum Gasteiger partial charge on any atom is 0.401 e. The molecule has 0 saturated carbocycles. The summed E-state index contributed by atoms with van der Waals surface area (Å²) in [5, 5.41) is 0. The van der Waals surface area contributed by atoms with Crippen LogP contribution in [0.25, 0.3) is 0 Å². The van der Waals surface area contributed by atoms with Crippen LogP contribution in [0.2, 0.25) is 0 Å². The first kappa shape index (κ1) is 5.37. The molecule has 0 saturated heterocycles. The van der Waals surface area contributed by atoms with Crippen LogP contribution in [0.4, 0.5) is 0 Å². The molecular weight excluding hydrogens is 103 g/mol. The van der Waals surface area contributed by atoms with Crippen LogP contribution in [-0.2, 0) is 4.65 Å². The average molecular weight is 110 g/mol. The Morgan fingerprint density at radius 2 is 2.62 bits per heavy atom. The number of hydrogen-bond donors (Lipinski definition) is 0. The molecule has 0 amide bonds. The molecule has 42 valence electrons. The zero-order valence-electron chi connectivity index (χ0n) is 4.74. The third-order valence-electron chi connectivity index (χ3n) is 0.837. The second kappa shape index (κ2) is 2.52. The molecule has 0 radical (unpaired) electrons. The molecule has 1 aromatic rings. The lowest BCUT2D eigenvalue weighted by molar-refractivity contribution is 0.434. The van der Waals surface area contributed by atoms with E-state index >= 15 is 0 Å². The van der Waals surface area contributed by atoms with Crippen molar-refractivity contribution in [2.24, 2.45) is 0 Å². The van der Waals surface area contributed by atoms with Crippen LogP contribution in [0.5, 0.6) is 0 Å². The topological polar surface area (TPSA) is 27.1 Å². The fourth-order valence-corrected chi connectivity index (χ4v) is 0.512. The normalized spacial score (nSPS) is 9.12. The second-order valence-corrected chi connectivity index (χ2v) is 1.49. The highest BCUT2D eigenvalue weighted by atomic mass is 16.4. The number of hydrogen-bond acceptors (Lipinski definition) is 2. The van der Waals surface area contributed by atoms with Crippen molar-refractivity contribution in [3.63, 3.8) is 0 Å². The van der Waals surface area contributed by atoms with Crippen LogP contribution in [0, 0.1) is 0 Å². The highest BCUT2D eigenvalue weighted by Gasteiger charge is 1.86. The van der Waals surface area contributed by atoms with Crippen molar-refractivity contribution in [1.82, 2.24) is 9.46 Å². The smallest absolute Gasteiger partial charge is 0.401 e. The number of nitrogens with zero attached hydrogens (tertiary/aromatic N) is 2. The fraction of sp³-hybridized carbons (Fsp3) is 0.250. The van der Waals surface area contributed by atoms with Gasteiger partial charge in [-0.1, -0.05) is 0 Å². The van der Waals surface area contributed by atoms with Gasteiger partial charge in [0.15, 0.2) is 0 Å². The van der Waals surface area contributed by atoms with E-state index in [1.54, 1.807) is 19.6 Å². The summed E-state index contributed by atoms with van der Waals surface area (Å²) in [5.74, 6) is 0. The first-order valence-electron chi connectivity index (χ1n) is 2.38. The Labute approximate surface area is 48.6 Å². The fourth-order valence-electron chi connectivity index (χ4n) is 0.512. The molecule has 0 atom stereocenters. The van der Waals surface area contributed by atoms with Crippen molar-refractivity contribution >= 4 is 7.62 Å². The molecule has 0 spiro atoms. The molecule has 1 rings (SSSR count). The van der Waals surface area contributed by atoms with Crippen LogP contribution < -0.4 is 0 Å². The average Bonchev–Trinajstić information content (AvgIpc) is 2.19. The van der Waals surface area contributed by atoms with Crippen molar-refractivity contribution in [3.8, 4) is 0 Å². The van der Waals surface area contributed by atoms with Crippen LogP contribution in [0.3, 0.4) is 0 Å². The van der Waals surface area contributed by atoms with E-state index in [-0.39, 0.29) is 0 Å². The van der Waals surface area contributed by atoms with E-state index < -0.39 is 0 Å². The van der Waals surface area contributed by atoms with Gasteiger partial charge in [-0.25, -0.2) is 4.98 Å². The highest BCUT2D eigenvalue weighted by molar-refractivity contribution is 6.24. The predicted octanol–water partition coefficient (Wildman–Crippen LogP) is -0.356. The molecule has 0 unspecified atom stereocenters. The predicted molar refractivity (Wildman–Crippen MR) is 31.8 cm³/mol. The maximum atomic E-state index is 4.81. The molecular formula is C4H7BN2O. The third kappa shape index (κ3) is 1.10. The van der Waals surface area contributed by atoms with Gasteiger partial charge < -0.3 is 9.13 Å². The lowest BCUT2D eigenvalue weighted by Gasteiger charge is -1.91. The van der Waals surface area contributed by atoms with Crippen molar-refractivity contribution < 1.29 is 4.65 Å². The van der Waals surface area contributed by atoms with Gasteiger partial charge >= 0.3 is 7.62 Å². The molecule has 0 N–H and O–H groups in total. The minimum absolute atomic E-state index is 0.583. The number of aromatic nitrogens is 2. The Hall–Kier alpha value is -0.765. The van der Waals surface area contributed by atoms with Gasteiger partial charge in [-0.2, -0.15) is 0 Å². The van der Waals surface area contributed by atoms with E-state index in [1.165, 1.54) is 0 Å². The zero-order chi connectivity index (χ0) is 5.82. The van der Waals surface area contributed by atoms with Gasteiger partial charge in [-0.05, 0) is 0 Å². The molecule has 0 fully saturated rings. The van der Waals surface area contributed by atoms with Gasteiger partial charge in [-0.15, -0.1) is 0 Å². The quantitative estimate of drug-likeness (QED) is 0.486. The van der Waals surface area contributed by atoms with Gasteiger partial charge in [0.25, 0.3) is 0 Å². The van der Waals surface area contributed by atoms with Gasteiger partial charge in [0.05, 0.1) is 6.33 Å². The Kier molecular flexibility index (Phi) is 1.69. The van der Waals surface area contributed by atoms with Gasteiger partial charge in [0, 0.05) is 19.5 Å². The van der Waals surface area contributed by atoms with Gasteiger partial charge in [0.2, 0.25) is 0 Å². The Bertz CT molecular complexity index is 140. The molecule has 4 heteroatoms. The summed E-state index contributed by atoms with van der Waals surface area (Å²) in [6.07, 6.45) is 5.28. The molecule has 0 aromatic carbocycles. The van der Waals surface area contributed by atoms with Crippen molar-refractivity contribution in [2.45, 2.75) is 0 Å². The number of rotatable bonds is 2. The summed E-state index contributed by atoms with van der Waals surface area (Å²) in [6, 6.07) is 0. The van der Waals surface area contributed by atoms with E-state index in [2.05, 4.69) is 4.98 Å². The van der Waals surface area contributed by atoms with Crippen molar-refractivity contribution in [3.05, 3.63) is 18.7 Å². The summed E-state index contributed by atoms with van der Waals surface area (Å²) in [7, 11) is 2.24. The Balaban J connectivity index is 2.50. The van der Waals surface area contributed by atoms with E-state index in [4.69, 9.17) is 4.65 Å². The first-order chi connectivity index (χ1) is 3.93. The molecule has 0 aliphatic rings. The monoisotopic (exact) mass is 110 g/mol. The minimum atomic E-state index is 0.583. The summed E-state index contributed by atoms with van der Waals surface area (Å²) >= 11 is 0. The van der Waals surface area contributed by atoms with Crippen LogP contribution >= 0.6 is 0 Å². The summed E-state index contributed by atoms with van der Waals surface area (Å²) < 4.78 is 6.66. The Morgan fingerprint density at radius 1 is 1.75 bits per heavy atom. The summed E-state index contributed by atoms with van der Waals surface area (Å²) in [6.45, 7) is 0. The highest BCUT2D eigenvalue weighted by Crippen LogP contribution is 1.78. The molecule has 0 aliphatic carbocycles. The standard InChI is InChI=1S/C4H7BN2O/c1-8-5-7-3-2-6-4-7/h2-5H,1H3. The van der Waals surface area contributed by atoms with E-state index in [9.17, 15) is 0 Å². The van der Waals surface area contributed by atoms with Gasteiger partial charge in [0.1, 0.15) is 0 Å². The molecule has 0 bridgehead atoms. The summed E-state index contributed by atoms with van der Waals surface area (Å²) in [4.78, 5) is 3.82. The molecule has 0 aliphatic heterocycles. The van der Waals surface area contributed by atoms with E-state index in [0.29, 0.717) is 7.62 Å². The molecule has 1 aromatic heterocycles.